The molecule has 7 nitrogen and oxygen atoms in total. The predicted octanol–water partition coefficient (Wildman–Crippen LogP) is 2.35. The normalized spacial score (nSPS) is 22.0. The van der Waals surface area contributed by atoms with E-state index in [0.717, 1.165) is 31.2 Å². The number of nitrogen functional groups attached to an aromatic ring is 1. The minimum Gasteiger partial charge on any atom is -0.381 e. The van der Waals surface area contributed by atoms with Crippen molar-refractivity contribution in [2.45, 2.75) is 44.5 Å². The van der Waals surface area contributed by atoms with E-state index in [4.69, 9.17) is 15.3 Å². The van der Waals surface area contributed by atoms with Gasteiger partial charge in [-0.1, -0.05) is 0 Å². The SMILES string of the molecule is COC1CCCC(OCc2ccc([N+](=O)[O-])c(NN)c2)C1. The molecule has 3 N–H and O–H groups in total. The summed E-state index contributed by atoms with van der Waals surface area (Å²) in [6, 6.07) is 4.77. The molecule has 0 amide bonds. The minimum absolute atomic E-state index is 0.0432. The number of anilines is 1. The lowest BCUT2D eigenvalue weighted by Crippen LogP contribution is -2.27. The highest BCUT2D eigenvalue weighted by atomic mass is 16.6. The van der Waals surface area contributed by atoms with E-state index in [0.29, 0.717) is 12.3 Å². The van der Waals surface area contributed by atoms with E-state index < -0.39 is 4.92 Å². The highest BCUT2D eigenvalue weighted by molar-refractivity contribution is 5.61. The molecule has 0 radical (unpaired) electrons. The summed E-state index contributed by atoms with van der Waals surface area (Å²) in [4.78, 5) is 10.4. The zero-order valence-corrected chi connectivity index (χ0v) is 12.1. The molecular formula is C14H21N3O4. The Labute approximate surface area is 123 Å². The van der Waals surface area contributed by atoms with Gasteiger partial charge in [-0.15, -0.1) is 0 Å². The molecule has 1 fully saturated rings. The summed E-state index contributed by atoms with van der Waals surface area (Å²) >= 11 is 0. The Bertz CT molecular complexity index is 495. The highest BCUT2D eigenvalue weighted by Crippen LogP contribution is 2.27. The van der Waals surface area contributed by atoms with E-state index in [1.54, 1.807) is 19.2 Å². The monoisotopic (exact) mass is 295 g/mol. The molecule has 0 spiro atoms. The summed E-state index contributed by atoms with van der Waals surface area (Å²) in [6.45, 7) is 0.410. The number of benzene rings is 1. The molecule has 1 aliphatic carbocycles. The van der Waals surface area contributed by atoms with Crippen molar-refractivity contribution in [1.82, 2.24) is 0 Å². The number of methoxy groups -OCH3 is 1. The van der Waals surface area contributed by atoms with Crippen LogP contribution >= 0.6 is 0 Å². The maximum absolute atomic E-state index is 10.8. The number of nitro benzene ring substituents is 1. The fourth-order valence-corrected chi connectivity index (χ4v) is 2.63. The molecule has 21 heavy (non-hydrogen) atoms. The number of nitrogens with one attached hydrogen (secondary N) is 1. The lowest BCUT2D eigenvalue weighted by molar-refractivity contribution is -0.384. The van der Waals surface area contributed by atoms with Crippen LogP contribution in [0.15, 0.2) is 18.2 Å². The third-order valence-electron chi connectivity index (χ3n) is 3.81. The summed E-state index contributed by atoms with van der Waals surface area (Å²) in [5, 5.41) is 10.8. The Balaban J connectivity index is 1.95. The maximum atomic E-state index is 10.8. The van der Waals surface area contributed by atoms with Crippen molar-refractivity contribution in [1.29, 1.82) is 0 Å². The lowest BCUT2D eigenvalue weighted by Gasteiger charge is -2.28. The van der Waals surface area contributed by atoms with Crippen LogP contribution < -0.4 is 11.3 Å². The maximum Gasteiger partial charge on any atom is 0.293 e. The van der Waals surface area contributed by atoms with Gasteiger partial charge in [0.1, 0.15) is 5.69 Å². The molecule has 2 rings (SSSR count). The number of ether oxygens (including phenoxy) is 2. The molecule has 1 saturated carbocycles. The van der Waals surface area contributed by atoms with E-state index in [1.165, 1.54) is 6.07 Å². The van der Waals surface area contributed by atoms with Crippen molar-refractivity contribution < 1.29 is 14.4 Å². The van der Waals surface area contributed by atoms with Crippen molar-refractivity contribution in [3.05, 3.63) is 33.9 Å². The van der Waals surface area contributed by atoms with E-state index in [9.17, 15) is 10.1 Å². The minimum atomic E-state index is -0.468. The topological polar surface area (TPSA) is 99.6 Å². The van der Waals surface area contributed by atoms with Gasteiger partial charge in [0.15, 0.2) is 0 Å². The number of nitrogens with two attached hydrogens (primary N) is 1. The van der Waals surface area contributed by atoms with Crippen LogP contribution in [-0.4, -0.2) is 24.2 Å². The van der Waals surface area contributed by atoms with Crippen LogP contribution in [0.1, 0.15) is 31.2 Å². The Morgan fingerprint density at radius 1 is 1.43 bits per heavy atom. The number of hydrogen-bond acceptors (Lipinski definition) is 6. The average molecular weight is 295 g/mol. The van der Waals surface area contributed by atoms with Gasteiger partial charge in [-0.2, -0.15) is 0 Å². The third-order valence-corrected chi connectivity index (χ3v) is 3.81. The van der Waals surface area contributed by atoms with Crippen LogP contribution in [0.5, 0.6) is 0 Å². The largest absolute Gasteiger partial charge is 0.381 e. The number of rotatable bonds is 6. The number of hydrogen-bond donors (Lipinski definition) is 2. The molecule has 0 aliphatic heterocycles. The second-order valence-electron chi connectivity index (χ2n) is 5.21. The van der Waals surface area contributed by atoms with Gasteiger partial charge in [0.05, 0.1) is 23.7 Å². The van der Waals surface area contributed by atoms with Crippen LogP contribution in [-0.2, 0) is 16.1 Å². The summed E-state index contributed by atoms with van der Waals surface area (Å²) in [5.74, 6) is 5.32. The molecular weight excluding hydrogens is 274 g/mol. The summed E-state index contributed by atoms with van der Waals surface area (Å²) in [5.41, 5.74) is 3.46. The molecule has 2 atom stereocenters. The third kappa shape index (κ3) is 4.13. The molecule has 2 unspecified atom stereocenters. The van der Waals surface area contributed by atoms with Gasteiger partial charge in [-0.25, -0.2) is 0 Å². The van der Waals surface area contributed by atoms with Crippen LogP contribution in [0, 0.1) is 10.1 Å². The van der Waals surface area contributed by atoms with Crippen LogP contribution in [0.4, 0.5) is 11.4 Å². The Kier molecular flexibility index (Phi) is 5.49. The molecule has 1 aromatic carbocycles. The molecule has 0 heterocycles. The molecule has 0 saturated heterocycles. The van der Waals surface area contributed by atoms with Crippen molar-refractivity contribution in [3.8, 4) is 0 Å². The molecule has 116 valence electrons. The van der Waals surface area contributed by atoms with Gasteiger partial charge in [0, 0.05) is 13.2 Å². The van der Waals surface area contributed by atoms with E-state index in [1.807, 2.05) is 0 Å². The zero-order valence-electron chi connectivity index (χ0n) is 12.1. The van der Waals surface area contributed by atoms with E-state index in [2.05, 4.69) is 5.43 Å². The van der Waals surface area contributed by atoms with Crippen LogP contribution in [0.2, 0.25) is 0 Å². The van der Waals surface area contributed by atoms with Gasteiger partial charge < -0.3 is 14.9 Å². The molecule has 1 aliphatic rings. The van der Waals surface area contributed by atoms with Crippen molar-refractivity contribution in [3.63, 3.8) is 0 Å². The summed E-state index contributed by atoms with van der Waals surface area (Å²) in [7, 11) is 1.72. The van der Waals surface area contributed by atoms with Crippen molar-refractivity contribution in [2.75, 3.05) is 12.5 Å². The van der Waals surface area contributed by atoms with Crippen LogP contribution in [0.25, 0.3) is 0 Å². The fraction of sp³-hybridized carbons (Fsp3) is 0.571. The first-order valence-electron chi connectivity index (χ1n) is 7.02. The lowest BCUT2D eigenvalue weighted by atomic mass is 9.95. The first-order valence-corrected chi connectivity index (χ1v) is 7.02. The van der Waals surface area contributed by atoms with Gasteiger partial charge in [-0.05, 0) is 43.4 Å². The van der Waals surface area contributed by atoms with E-state index >= 15 is 0 Å². The quantitative estimate of drug-likeness (QED) is 0.475. The summed E-state index contributed by atoms with van der Waals surface area (Å²) in [6.07, 6.45) is 4.53. The van der Waals surface area contributed by atoms with Gasteiger partial charge in [-0.3, -0.25) is 16.0 Å². The Morgan fingerprint density at radius 3 is 2.86 bits per heavy atom. The standard InChI is InChI=1S/C14H21N3O4/c1-20-11-3-2-4-12(8-11)21-9-10-5-6-14(17(18)19)13(7-10)16-15/h5-7,11-12,16H,2-4,8-9,15H2,1H3. The summed E-state index contributed by atoms with van der Waals surface area (Å²) < 4.78 is 11.3. The number of hydrazine groups is 1. The second-order valence-corrected chi connectivity index (χ2v) is 5.21. The molecule has 0 aromatic heterocycles. The zero-order chi connectivity index (χ0) is 15.2. The smallest absolute Gasteiger partial charge is 0.293 e. The highest BCUT2D eigenvalue weighted by Gasteiger charge is 2.22. The molecule has 7 heteroatoms. The Hall–Kier alpha value is -1.70. The van der Waals surface area contributed by atoms with Gasteiger partial charge >= 0.3 is 0 Å². The predicted molar refractivity (Wildman–Crippen MR) is 78.7 cm³/mol. The second kappa shape index (κ2) is 7.35. The van der Waals surface area contributed by atoms with E-state index in [-0.39, 0.29) is 17.9 Å². The first-order chi connectivity index (χ1) is 10.1. The fourth-order valence-electron chi connectivity index (χ4n) is 2.63. The Morgan fingerprint density at radius 2 is 2.19 bits per heavy atom. The van der Waals surface area contributed by atoms with Crippen molar-refractivity contribution in [2.24, 2.45) is 5.84 Å². The molecule has 0 bridgehead atoms. The molecule has 1 aromatic rings. The average Bonchev–Trinajstić information content (AvgIpc) is 2.52. The van der Waals surface area contributed by atoms with Gasteiger partial charge in [0.2, 0.25) is 0 Å². The first kappa shape index (κ1) is 15.7. The van der Waals surface area contributed by atoms with Crippen molar-refractivity contribution >= 4 is 11.4 Å². The van der Waals surface area contributed by atoms with Crippen LogP contribution in [0.3, 0.4) is 0 Å². The number of nitrogens with zero attached hydrogens (tertiary/aromatic N) is 1. The van der Waals surface area contributed by atoms with Gasteiger partial charge in [0.25, 0.3) is 5.69 Å². The number of nitro groups is 1.